The molecule has 17 heavy (non-hydrogen) atoms. The third-order valence-electron chi connectivity index (χ3n) is 3.35. The molecule has 1 aliphatic heterocycles. The van der Waals surface area contributed by atoms with Gasteiger partial charge in [0.2, 0.25) is 0 Å². The molecule has 0 saturated carbocycles. The summed E-state index contributed by atoms with van der Waals surface area (Å²) in [7, 11) is 0. The number of hydrogen-bond acceptors (Lipinski definition) is 2. The molecule has 0 fully saturated rings. The van der Waals surface area contributed by atoms with Gasteiger partial charge in [0.25, 0.3) is 0 Å². The molecule has 0 aliphatic carbocycles. The minimum Gasteiger partial charge on any atom is -0.311 e. The summed E-state index contributed by atoms with van der Waals surface area (Å²) in [4.78, 5) is 1.45. The minimum absolute atomic E-state index is 0.143. The van der Waals surface area contributed by atoms with Crippen LogP contribution in [-0.2, 0) is 0 Å². The molecule has 3 heteroatoms. The summed E-state index contributed by atoms with van der Waals surface area (Å²) in [5.41, 5.74) is 1.65. The van der Waals surface area contributed by atoms with E-state index in [-0.39, 0.29) is 5.54 Å². The van der Waals surface area contributed by atoms with Gasteiger partial charge in [-0.2, -0.15) is 0 Å². The van der Waals surface area contributed by atoms with Crippen molar-refractivity contribution in [2.75, 3.05) is 18.2 Å². The maximum Gasteiger partial charge on any atom is 0.0240 e. The van der Waals surface area contributed by atoms with Crippen LogP contribution in [0.2, 0.25) is 0 Å². The maximum atomic E-state index is 5.82. The summed E-state index contributed by atoms with van der Waals surface area (Å²) >= 11 is 7.79. The largest absolute Gasteiger partial charge is 0.311 e. The first-order valence-electron chi connectivity index (χ1n) is 6.15. The standard InChI is InChI=1S/C14H20ClNS/c1-14(2,7-8-15)16-9-11-10-17-13-6-4-3-5-12(11)13/h3-6,11,16H,7-10H2,1-2H3. The minimum atomic E-state index is 0.143. The second-order valence-corrected chi connectivity index (χ2v) is 6.69. The Bertz CT molecular complexity index is 378. The monoisotopic (exact) mass is 269 g/mol. The van der Waals surface area contributed by atoms with Crippen molar-refractivity contribution in [2.45, 2.75) is 36.6 Å². The quantitative estimate of drug-likeness (QED) is 0.815. The van der Waals surface area contributed by atoms with Crippen molar-refractivity contribution >= 4 is 23.4 Å². The van der Waals surface area contributed by atoms with Gasteiger partial charge in [-0.05, 0) is 31.9 Å². The number of nitrogens with one attached hydrogen (secondary N) is 1. The van der Waals surface area contributed by atoms with Crippen molar-refractivity contribution in [2.24, 2.45) is 0 Å². The Morgan fingerprint density at radius 2 is 2.18 bits per heavy atom. The summed E-state index contributed by atoms with van der Waals surface area (Å²) in [5, 5.41) is 3.64. The van der Waals surface area contributed by atoms with Crippen molar-refractivity contribution in [3.05, 3.63) is 29.8 Å². The van der Waals surface area contributed by atoms with E-state index >= 15 is 0 Å². The molecule has 0 bridgehead atoms. The second kappa shape index (κ2) is 5.64. The van der Waals surface area contributed by atoms with Gasteiger partial charge in [-0.15, -0.1) is 23.4 Å². The van der Waals surface area contributed by atoms with Gasteiger partial charge in [-0.25, -0.2) is 0 Å². The highest BCUT2D eigenvalue weighted by Gasteiger charge is 2.25. The van der Waals surface area contributed by atoms with Crippen molar-refractivity contribution < 1.29 is 0 Å². The molecule has 1 atom stereocenters. The van der Waals surface area contributed by atoms with Gasteiger partial charge in [0, 0.05) is 34.5 Å². The Hall–Kier alpha value is -0.180. The van der Waals surface area contributed by atoms with Crippen molar-refractivity contribution in [1.29, 1.82) is 0 Å². The summed E-state index contributed by atoms with van der Waals surface area (Å²) in [6.45, 7) is 5.50. The van der Waals surface area contributed by atoms with Gasteiger partial charge in [-0.3, -0.25) is 0 Å². The van der Waals surface area contributed by atoms with E-state index in [9.17, 15) is 0 Å². The molecule has 1 aliphatic rings. The van der Waals surface area contributed by atoms with Crippen LogP contribution in [0.25, 0.3) is 0 Å². The molecule has 0 spiro atoms. The Labute approximate surface area is 113 Å². The van der Waals surface area contributed by atoms with Crippen LogP contribution in [0.4, 0.5) is 0 Å². The first kappa shape index (κ1) is 13.3. The molecule has 1 nitrogen and oxygen atoms in total. The average molecular weight is 270 g/mol. The number of alkyl halides is 1. The summed E-state index contributed by atoms with van der Waals surface area (Å²) in [6, 6.07) is 8.75. The normalized spacial score (nSPS) is 19.4. The van der Waals surface area contributed by atoms with E-state index in [2.05, 4.69) is 43.4 Å². The Morgan fingerprint density at radius 1 is 1.41 bits per heavy atom. The fraction of sp³-hybridized carbons (Fsp3) is 0.571. The summed E-state index contributed by atoms with van der Waals surface area (Å²) < 4.78 is 0. The van der Waals surface area contributed by atoms with Gasteiger partial charge >= 0.3 is 0 Å². The molecule has 94 valence electrons. The van der Waals surface area contributed by atoms with Crippen LogP contribution in [0.5, 0.6) is 0 Å². The third-order valence-corrected chi connectivity index (χ3v) is 4.79. The zero-order valence-electron chi connectivity index (χ0n) is 10.5. The van der Waals surface area contributed by atoms with Gasteiger partial charge in [0.05, 0.1) is 0 Å². The molecule has 0 radical (unpaired) electrons. The zero-order chi connectivity index (χ0) is 12.3. The smallest absolute Gasteiger partial charge is 0.0240 e. The van der Waals surface area contributed by atoms with Crippen molar-refractivity contribution in [3.63, 3.8) is 0 Å². The third kappa shape index (κ3) is 3.40. The molecule has 1 unspecified atom stereocenters. The topological polar surface area (TPSA) is 12.0 Å². The molecular weight excluding hydrogens is 250 g/mol. The van der Waals surface area contributed by atoms with Crippen molar-refractivity contribution in [3.8, 4) is 0 Å². The lowest BCUT2D eigenvalue weighted by Crippen LogP contribution is -2.41. The van der Waals surface area contributed by atoms with Crippen LogP contribution in [0, 0.1) is 0 Å². The lowest BCUT2D eigenvalue weighted by Gasteiger charge is -2.27. The summed E-state index contributed by atoms with van der Waals surface area (Å²) in [6.07, 6.45) is 1.01. The molecule has 1 aromatic rings. The van der Waals surface area contributed by atoms with Crippen LogP contribution in [0.1, 0.15) is 31.7 Å². The van der Waals surface area contributed by atoms with Crippen LogP contribution >= 0.6 is 23.4 Å². The number of thioether (sulfide) groups is 1. The van der Waals surface area contributed by atoms with Gasteiger partial charge in [-0.1, -0.05) is 18.2 Å². The predicted molar refractivity (Wildman–Crippen MR) is 77.3 cm³/mol. The molecule has 0 saturated heterocycles. The number of halogens is 1. The lowest BCUT2D eigenvalue weighted by atomic mass is 9.97. The highest BCUT2D eigenvalue weighted by molar-refractivity contribution is 7.99. The molecule has 1 aromatic carbocycles. The maximum absolute atomic E-state index is 5.82. The van der Waals surface area contributed by atoms with Gasteiger partial charge in [0.1, 0.15) is 0 Å². The number of hydrogen-bond donors (Lipinski definition) is 1. The van der Waals surface area contributed by atoms with E-state index in [0.29, 0.717) is 5.92 Å². The number of benzene rings is 1. The fourth-order valence-electron chi connectivity index (χ4n) is 2.12. The van der Waals surface area contributed by atoms with E-state index in [1.54, 1.807) is 0 Å². The number of fused-ring (bicyclic) bond motifs is 1. The van der Waals surface area contributed by atoms with E-state index in [1.807, 2.05) is 11.8 Å². The van der Waals surface area contributed by atoms with Crippen molar-refractivity contribution in [1.82, 2.24) is 5.32 Å². The molecule has 0 aromatic heterocycles. The van der Waals surface area contributed by atoms with E-state index < -0.39 is 0 Å². The van der Waals surface area contributed by atoms with E-state index in [1.165, 1.54) is 16.2 Å². The molecule has 0 amide bonds. The van der Waals surface area contributed by atoms with Gasteiger partial charge in [0.15, 0.2) is 0 Å². The van der Waals surface area contributed by atoms with E-state index in [4.69, 9.17) is 11.6 Å². The van der Waals surface area contributed by atoms with Crippen LogP contribution in [-0.4, -0.2) is 23.7 Å². The highest BCUT2D eigenvalue weighted by Crippen LogP contribution is 2.39. The molecule has 1 heterocycles. The SMILES string of the molecule is CC(C)(CCCl)NCC1CSc2ccccc21. The van der Waals surface area contributed by atoms with Crippen LogP contribution in [0.15, 0.2) is 29.2 Å². The molecule has 1 N–H and O–H groups in total. The Morgan fingerprint density at radius 3 is 2.94 bits per heavy atom. The zero-order valence-corrected chi connectivity index (χ0v) is 12.1. The Balaban J connectivity index is 1.94. The van der Waals surface area contributed by atoms with E-state index in [0.717, 1.165) is 18.8 Å². The summed E-state index contributed by atoms with van der Waals surface area (Å²) in [5.74, 6) is 2.56. The molecular formula is C14H20ClNS. The predicted octanol–water partition coefficient (Wildman–Crippen LogP) is 3.87. The molecule has 2 rings (SSSR count). The first-order chi connectivity index (χ1) is 8.12. The fourth-order valence-corrected chi connectivity index (χ4v) is 3.85. The van der Waals surface area contributed by atoms with Crippen LogP contribution in [0.3, 0.4) is 0 Å². The van der Waals surface area contributed by atoms with Crippen LogP contribution < -0.4 is 5.32 Å². The average Bonchev–Trinajstić information content (AvgIpc) is 2.70. The highest BCUT2D eigenvalue weighted by atomic mass is 35.5. The first-order valence-corrected chi connectivity index (χ1v) is 7.67. The number of rotatable bonds is 5. The Kier molecular flexibility index (Phi) is 4.40. The van der Waals surface area contributed by atoms with Gasteiger partial charge < -0.3 is 5.32 Å². The lowest BCUT2D eigenvalue weighted by molar-refractivity contribution is 0.370. The second-order valence-electron chi connectivity index (χ2n) is 5.25.